The highest BCUT2D eigenvalue weighted by Crippen LogP contribution is 2.34. The molecule has 27 heavy (non-hydrogen) atoms. The molecule has 0 spiro atoms. The molecule has 0 saturated heterocycles. The normalized spacial score (nSPS) is 19.8. The van der Waals surface area contributed by atoms with E-state index in [4.69, 9.17) is 10.5 Å². The fourth-order valence-corrected chi connectivity index (χ4v) is 3.79. The van der Waals surface area contributed by atoms with Gasteiger partial charge < -0.3 is 20.9 Å². The maximum Gasteiger partial charge on any atom is 0.161 e. The van der Waals surface area contributed by atoms with Crippen molar-refractivity contribution in [3.8, 4) is 22.6 Å². The van der Waals surface area contributed by atoms with Crippen molar-refractivity contribution in [2.75, 3.05) is 12.4 Å². The maximum absolute atomic E-state index is 9.84. The molecule has 5 nitrogen and oxygen atoms in total. The molecule has 0 aliphatic heterocycles. The predicted molar refractivity (Wildman–Crippen MR) is 109 cm³/mol. The molecule has 4 N–H and O–H groups in total. The van der Waals surface area contributed by atoms with Crippen molar-refractivity contribution < 1.29 is 9.84 Å². The first-order valence-electron chi connectivity index (χ1n) is 9.42. The first-order valence-corrected chi connectivity index (χ1v) is 9.42. The van der Waals surface area contributed by atoms with Crippen LogP contribution in [0.15, 0.2) is 48.7 Å². The fourth-order valence-electron chi connectivity index (χ4n) is 3.79. The lowest BCUT2D eigenvalue weighted by molar-refractivity contribution is 0.373. The SMILES string of the molecule is COc1cc(-c2ccc3nccc(NC4CCC(N)CC4)c3c2)ccc1O. The van der Waals surface area contributed by atoms with E-state index in [-0.39, 0.29) is 5.75 Å². The molecule has 1 aliphatic rings. The average Bonchev–Trinajstić information content (AvgIpc) is 2.70. The maximum atomic E-state index is 9.84. The summed E-state index contributed by atoms with van der Waals surface area (Å²) < 4.78 is 5.24. The molecule has 0 atom stereocenters. The lowest BCUT2D eigenvalue weighted by Gasteiger charge is -2.28. The first-order chi connectivity index (χ1) is 13.1. The summed E-state index contributed by atoms with van der Waals surface area (Å²) in [5.74, 6) is 0.609. The summed E-state index contributed by atoms with van der Waals surface area (Å²) >= 11 is 0. The van der Waals surface area contributed by atoms with Gasteiger partial charge in [-0.25, -0.2) is 0 Å². The molecule has 1 heterocycles. The van der Waals surface area contributed by atoms with Gasteiger partial charge in [0.25, 0.3) is 0 Å². The zero-order chi connectivity index (χ0) is 18.8. The van der Waals surface area contributed by atoms with Gasteiger partial charge >= 0.3 is 0 Å². The molecule has 4 rings (SSSR count). The molecule has 1 saturated carbocycles. The largest absolute Gasteiger partial charge is 0.504 e. The number of rotatable bonds is 4. The Bertz CT molecular complexity index is 949. The lowest BCUT2D eigenvalue weighted by Crippen LogP contribution is -2.32. The van der Waals surface area contributed by atoms with Gasteiger partial charge in [-0.1, -0.05) is 12.1 Å². The van der Waals surface area contributed by atoms with E-state index < -0.39 is 0 Å². The molecule has 2 aromatic carbocycles. The Balaban J connectivity index is 1.69. The Labute approximate surface area is 159 Å². The van der Waals surface area contributed by atoms with Gasteiger partial charge in [-0.05, 0) is 67.1 Å². The molecule has 1 fully saturated rings. The Morgan fingerprint density at radius 3 is 2.56 bits per heavy atom. The topological polar surface area (TPSA) is 80.4 Å². The van der Waals surface area contributed by atoms with Crippen molar-refractivity contribution in [2.45, 2.75) is 37.8 Å². The lowest BCUT2D eigenvalue weighted by atomic mass is 9.91. The van der Waals surface area contributed by atoms with E-state index >= 15 is 0 Å². The van der Waals surface area contributed by atoms with E-state index in [1.807, 2.05) is 36.5 Å². The second-order valence-corrected chi connectivity index (χ2v) is 7.23. The van der Waals surface area contributed by atoms with Crippen LogP contribution in [-0.4, -0.2) is 29.3 Å². The number of methoxy groups -OCH3 is 1. The molecule has 0 radical (unpaired) electrons. The number of ether oxygens (including phenoxy) is 1. The number of benzene rings is 2. The van der Waals surface area contributed by atoms with Crippen LogP contribution in [0.1, 0.15) is 25.7 Å². The van der Waals surface area contributed by atoms with Crippen molar-refractivity contribution in [3.63, 3.8) is 0 Å². The van der Waals surface area contributed by atoms with Crippen molar-refractivity contribution in [1.29, 1.82) is 0 Å². The summed E-state index contributed by atoms with van der Waals surface area (Å²) in [5.41, 5.74) is 10.1. The summed E-state index contributed by atoms with van der Waals surface area (Å²) in [4.78, 5) is 4.50. The van der Waals surface area contributed by atoms with E-state index in [1.54, 1.807) is 13.2 Å². The predicted octanol–water partition coefficient (Wildman–Crippen LogP) is 4.30. The second kappa shape index (κ2) is 7.45. The van der Waals surface area contributed by atoms with E-state index in [2.05, 4.69) is 16.4 Å². The average molecular weight is 363 g/mol. The number of nitrogens with one attached hydrogen (secondary N) is 1. The number of hydrogen-bond donors (Lipinski definition) is 3. The van der Waals surface area contributed by atoms with E-state index in [1.165, 1.54) is 0 Å². The summed E-state index contributed by atoms with van der Waals surface area (Å²) in [6, 6.07) is 14.5. The van der Waals surface area contributed by atoms with Crippen LogP contribution in [0, 0.1) is 0 Å². The van der Waals surface area contributed by atoms with Gasteiger partial charge in [0.2, 0.25) is 0 Å². The minimum atomic E-state index is 0.140. The molecule has 0 bridgehead atoms. The van der Waals surface area contributed by atoms with Gasteiger partial charge in [-0.3, -0.25) is 4.98 Å². The van der Waals surface area contributed by atoms with Gasteiger partial charge in [0, 0.05) is 29.4 Å². The van der Waals surface area contributed by atoms with Crippen LogP contribution in [0.3, 0.4) is 0 Å². The number of nitrogens with two attached hydrogens (primary N) is 1. The van der Waals surface area contributed by atoms with Crippen molar-refractivity contribution >= 4 is 16.6 Å². The molecule has 140 valence electrons. The number of phenols is 1. The fraction of sp³-hybridized carbons (Fsp3) is 0.318. The Morgan fingerprint density at radius 1 is 1.04 bits per heavy atom. The van der Waals surface area contributed by atoms with Crippen LogP contribution in [0.2, 0.25) is 0 Å². The van der Waals surface area contributed by atoms with E-state index in [9.17, 15) is 5.11 Å². The number of aromatic hydroxyl groups is 1. The molecular formula is C22H25N3O2. The van der Waals surface area contributed by atoms with Gasteiger partial charge in [0.1, 0.15) is 0 Å². The zero-order valence-electron chi connectivity index (χ0n) is 15.5. The number of hydrogen-bond acceptors (Lipinski definition) is 5. The molecule has 0 amide bonds. The highest BCUT2D eigenvalue weighted by molar-refractivity contribution is 5.94. The minimum Gasteiger partial charge on any atom is -0.504 e. The third-order valence-electron chi connectivity index (χ3n) is 5.39. The number of anilines is 1. The summed E-state index contributed by atoms with van der Waals surface area (Å²) in [7, 11) is 1.56. The monoisotopic (exact) mass is 363 g/mol. The van der Waals surface area contributed by atoms with Crippen LogP contribution in [-0.2, 0) is 0 Å². The van der Waals surface area contributed by atoms with Gasteiger partial charge in [0.05, 0.1) is 12.6 Å². The summed E-state index contributed by atoms with van der Waals surface area (Å²) in [6.07, 6.45) is 6.18. The van der Waals surface area contributed by atoms with Crippen LogP contribution in [0.5, 0.6) is 11.5 Å². The number of aromatic nitrogens is 1. The van der Waals surface area contributed by atoms with Gasteiger partial charge in [-0.2, -0.15) is 0 Å². The number of fused-ring (bicyclic) bond motifs is 1. The molecule has 3 aromatic rings. The van der Waals surface area contributed by atoms with Gasteiger partial charge in [-0.15, -0.1) is 0 Å². The zero-order valence-corrected chi connectivity index (χ0v) is 15.5. The van der Waals surface area contributed by atoms with Gasteiger partial charge in [0.15, 0.2) is 11.5 Å². The third-order valence-corrected chi connectivity index (χ3v) is 5.39. The Morgan fingerprint density at radius 2 is 1.78 bits per heavy atom. The number of phenolic OH excluding ortho intramolecular Hbond substituents is 1. The van der Waals surface area contributed by atoms with Crippen molar-refractivity contribution in [1.82, 2.24) is 4.98 Å². The molecule has 5 heteroatoms. The van der Waals surface area contributed by atoms with Crippen LogP contribution in [0.4, 0.5) is 5.69 Å². The second-order valence-electron chi connectivity index (χ2n) is 7.23. The number of nitrogens with zero attached hydrogens (tertiary/aromatic N) is 1. The van der Waals surface area contributed by atoms with Crippen LogP contribution < -0.4 is 15.8 Å². The first kappa shape index (κ1) is 17.6. The molecule has 1 aromatic heterocycles. The van der Waals surface area contributed by atoms with Crippen molar-refractivity contribution in [2.24, 2.45) is 5.73 Å². The van der Waals surface area contributed by atoms with E-state index in [0.717, 1.165) is 53.4 Å². The quantitative estimate of drug-likeness (QED) is 0.644. The Kier molecular flexibility index (Phi) is 4.86. The smallest absolute Gasteiger partial charge is 0.161 e. The Hall–Kier alpha value is -2.79. The highest BCUT2D eigenvalue weighted by atomic mass is 16.5. The van der Waals surface area contributed by atoms with Crippen LogP contribution in [0.25, 0.3) is 22.0 Å². The molecular weight excluding hydrogens is 338 g/mol. The number of pyridine rings is 1. The molecule has 1 aliphatic carbocycles. The summed E-state index contributed by atoms with van der Waals surface area (Å²) in [5, 5.41) is 14.6. The minimum absolute atomic E-state index is 0.140. The molecule has 0 unspecified atom stereocenters. The van der Waals surface area contributed by atoms with Crippen LogP contribution >= 0.6 is 0 Å². The van der Waals surface area contributed by atoms with E-state index in [0.29, 0.717) is 17.8 Å². The summed E-state index contributed by atoms with van der Waals surface area (Å²) in [6.45, 7) is 0. The standard InChI is InChI=1S/C22H25N3O2/c1-27-22-13-15(3-9-21(22)26)14-2-8-19-18(12-14)20(10-11-24-19)25-17-6-4-16(23)5-7-17/h2-3,8-13,16-17,26H,4-7,23H2,1H3,(H,24,25). The third kappa shape index (κ3) is 3.69. The highest BCUT2D eigenvalue weighted by Gasteiger charge is 2.19. The van der Waals surface area contributed by atoms with Crippen molar-refractivity contribution in [3.05, 3.63) is 48.7 Å².